The molecule has 5 rings (SSSR count). The summed E-state index contributed by atoms with van der Waals surface area (Å²) < 4.78 is 28.3. The second-order valence-electron chi connectivity index (χ2n) is 10.9. The number of carbonyl (C=O) groups excluding carboxylic acids is 2. The molecule has 0 bridgehead atoms. The number of nitrogens with one attached hydrogen (secondary N) is 1. The summed E-state index contributed by atoms with van der Waals surface area (Å²) in [6.45, 7) is 3.87. The van der Waals surface area contributed by atoms with Crippen molar-refractivity contribution in [3.05, 3.63) is 106 Å². The van der Waals surface area contributed by atoms with E-state index in [1.54, 1.807) is 36.4 Å². The topological polar surface area (TPSA) is 86.8 Å². The fraction of sp³-hybridized carbons (Fsp3) is 0.273. The normalized spacial score (nSPS) is 14.2. The van der Waals surface area contributed by atoms with Gasteiger partial charge in [0.25, 0.3) is 10.0 Å². The van der Waals surface area contributed by atoms with E-state index in [0.717, 1.165) is 10.9 Å². The van der Waals surface area contributed by atoms with Crippen LogP contribution in [0, 0.1) is 0 Å². The van der Waals surface area contributed by atoms with Gasteiger partial charge in [-0.1, -0.05) is 83.9 Å². The smallest absolute Gasteiger partial charge is 0.265 e. The number of sulfonamides is 1. The van der Waals surface area contributed by atoms with Crippen LogP contribution in [0.25, 0.3) is 10.8 Å². The third kappa shape index (κ3) is 6.51. The van der Waals surface area contributed by atoms with Crippen LogP contribution in [0.1, 0.15) is 37.8 Å². The van der Waals surface area contributed by atoms with E-state index in [1.165, 1.54) is 9.21 Å². The average Bonchev–Trinajstić information content (AvgIpc) is 3.19. The summed E-state index contributed by atoms with van der Waals surface area (Å²) in [4.78, 5) is 29.4. The van der Waals surface area contributed by atoms with Crippen LogP contribution in [-0.4, -0.2) is 43.8 Å². The Morgan fingerprint density at radius 1 is 0.884 bits per heavy atom. The van der Waals surface area contributed by atoms with Crippen molar-refractivity contribution in [2.24, 2.45) is 0 Å². The van der Waals surface area contributed by atoms with Crippen molar-refractivity contribution in [1.29, 1.82) is 0 Å². The van der Waals surface area contributed by atoms with E-state index in [4.69, 9.17) is 23.2 Å². The molecule has 1 N–H and O–H groups in total. The number of nitrogens with zero attached hydrogens (tertiary/aromatic N) is 2. The summed E-state index contributed by atoms with van der Waals surface area (Å²) in [5.74, 6) is -0.595. The zero-order valence-electron chi connectivity index (χ0n) is 24.0. The van der Waals surface area contributed by atoms with Gasteiger partial charge >= 0.3 is 0 Å². The van der Waals surface area contributed by atoms with Crippen LogP contribution in [0.2, 0.25) is 10.0 Å². The number of hydrogen-bond donors (Lipinski definition) is 1. The SMILES string of the molecule is CC(C)NC(=O)[C@@H](Cc1ccccc1)N(Cc1c(Cl)cccc1Cl)C(=O)CCCN1c2cccc3cccc(c23)S1(=O)=O. The molecule has 1 aliphatic rings. The Hall–Kier alpha value is -3.59. The van der Waals surface area contributed by atoms with Crippen LogP contribution in [-0.2, 0) is 32.6 Å². The fourth-order valence-electron chi connectivity index (χ4n) is 5.50. The number of rotatable bonds is 11. The lowest BCUT2D eigenvalue weighted by molar-refractivity contribution is -0.141. The van der Waals surface area contributed by atoms with Gasteiger partial charge in [-0.3, -0.25) is 13.9 Å². The van der Waals surface area contributed by atoms with Gasteiger partial charge in [-0.25, -0.2) is 8.42 Å². The number of amides is 2. The fourth-order valence-corrected chi connectivity index (χ4v) is 7.77. The zero-order valence-corrected chi connectivity index (χ0v) is 26.3. The molecule has 7 nitrogen and oxygen atoms in total. The number of anilines is 1. The molecule has 0 aromatic heterocycles. The molecule has 0 spiro atoms. The molecule has 0 fully saturated rings. The maximum Gasteiger partial charge on any atom is 0.265 e. The van der Waals surface area contributed by atoms with Crippen LogP contribution in [0.4, 0.5) is 5.69 Å². The highest BCUT2D eigenvalue weighted by atomic mass is 35.5. The van der Waals surface area contributed by atoms with Crippen molar-refractivity contribution in [3.8, 4) is 0 Å². The Kier molecular flexibility index (Phi) is 9.30. The summed E-state index contributed by atoms with van der Waals surface area (Å²) in [6.07, 6.45) is 0.546. The van der Waals surface area contributed by atoms with Crippen molar-refractivity contribution in [2.75, 3.05) is 10.8 Å². The van der Waals surface area contributed by atoms with Gasteiger partial charge in [-0.2, -0.15) is 0 Å². The summed E-state index contributed by atoms with van der Waals surface area (Å²) in [6, 6.07) is 24.4. The van der Waals surface area contributed by atoms with Gasteiger partial charge in [-0.15, -0.1) is 0 Å². The average molecular weight is 639 g/mol. The second-order valence-corrected chi connectivity index (χ2v) is 13.5. The van der Waals surface area contributed by atoms with Gasteiger partial charge < -0.3 is 10.2 Å². The molecule has 4 aromatic carbocycles. The van der Waals surface area contributed by atoms with Crippen molar-refractivity contribution in [3.63, 3.8) is 0 Å². The maximum atomic E-state index is 14.0. The lowest BCUT2D eigenvalue weighted by Crippen LogP contribution is -2.52. The first-order chi connectivity index (χ1) is 20.6. The lowest BCUT2D eigenvalue weighted by Gasteiger charge is -2.33. The maximum absolute atomic E-state index is 14.0. The largest absolute Gasteiger partial charge is 0.352 e. The van der Waals surface area contributed by atoms with Crippen LogP contribution in [0.3, 0.4) is 0 Å². The molecular formula is C33H33Cl2N3O4S. The third-order valence-corrected chi connectivity index (χ3v) is 10.1. The van der Waals surface area contributed by atoms with E-state index in [1.807, 2.05) is 62.4 Å². The van der Waals surface area contributed by atoms with E-state index in [-0.39, 0.29) is 55.1 Å². The van der Waals surface area contributed by atoms with Crippen LogP contribution in [0.15, 0.2) is 89.8 Å². The van der Waals surface area contributed by atoms with Gasteiger partial charge in [-0.05, 0) is 55.5 Å². The van der Waals surface area contributed by atoms with Gasteiger partial charge in [0.2, 0.25) is 11.8 Å². The highest BCUT2D eigenvalue weighted by Crippen LogP contribution is 2.42. The Morgan fingerprint density at radius 3 is 2.21 bits per heavy atom. The van der Waals surface area contributed by atoms with Gasteiger partial charge in [0.15, 0.2) is 0 Å². The Balaban J connectivity index is 1.42. The molecule has 1 atom stereocenters. The van der Waals surface area contributed by atoms with Gasteiger partial charge in [0, 0.05) is 53.0 Å². The van der Waals surface area contributed by atoms with E-state index < -0.39 is 16.1 Å². The van der Waals surface area contributed by atoms with E-state index in [2.05, 4.69) is 5.32 Å². The van der Waals surface area contributed by atoms with E-state index in [0.29, 0.717) is 26.7 Å². The lowest BCUT2D eigenvalue weighted by atomic mass is 10.0. The molecule has 0 unspecified atom stereocenters. The summed E-state index contributed by atoms with van der Waals surface area (Å²) in [5, 5.41) is 5.28. The van der Waals surface area contributed by atoms with Crippen LogP contribution >= 0.6 is 23.2 Å². The Bertz CT molecular complexity index is 1740. The number of hydrogen-bond acceptors (Lipinski definition) is 4. The quantitative estimate of drug-likeness (QED) is 0.201. The predicted octanol–water partition coefficient (Wildman–Crippen LogP) is 6.60. The minimum absolute atomic E-state index is 0.0145. The third-order valence-electron chi connectivity index (χ3n) is 7.53. The number of carbonyl (C=O) groups is 2. The van der Waals surface area contributed by atoms with Crippen molar-refractivity contribution < 1.29 is 18.0 Å². The van der Waals surface area contributed by atoms with Crippen molar-refractivity contribution in [1.82, 2.24) is 10.2 Å². The van der Waals surface area contributed by atoms with Gasteiger partial charge in [0.05, 0.1) is 10.6 Å². The van der Waals surface area contributed by atoms with E-state index >= 15 is 0 Å². The predicted molar refractivity (Wildman–Crippen MR) is 172 cm³/mol. The number of halogens is 2. The standard InChI is InChI=1S/C33H33Cl2N3O4S/c1-22(2)36-33(40)29(20-23-10-4-3-5-11-23)37(21-25-26(34)14-8-15-27(25)35)31(39)18-9-19-38-28-16-6-12-24-13-7-17-30(32(24)28)43(38,41)42/h3-8,10-17,22,29H,9,18-21H2,1-2H3,(H,36,40)/t29-/m1/s1. The minimum atomic E-state index is -3.75. The van der Waals surface area contributed by atoms with Crippen LogP contribution in [0.5, 0.6) is 0 Å². The van der Waals surface area contributed by atoms with E-state index in [9.17, 15) is 18.0 Å². The first kappa shape index (κ1) is 30.9. The molecule has 224 valence electrons. The summed E-state index contributed by atoms with van der Waals surface area (Å²) in [5.41, 5.74) is 2.04. The highest BCUT2D eigenvalue weighted by Gasteiger charge is 2.36. The Morgan fingerprint density at radius 2 is 1.53 bits per heavy atom. The first-order valence-electron chi connectivity index (χ1n) is 14.2. The van der Waals surface area contributed by atoms with Crippen molar-refractivity contribution >= 4 is 61.5 Å². The summed E-state index contributed by atoms with van der Waals surface area (Å²) in [7, 11) is -3.75. The molecule has 0 radical (unpaired) electrons. The number of benzene rings is 4. The Labute approximate surface area is 262 Å². The monoisotopic (exact) mass is 637 g/mol. The molecule has 0 saturated carbocycles. The molecule has 10 heteroatoms. The molecule has 1 aliphatic heterocycles. The first-order valence-corrected chi connectivity index (χ1v) is 16.4. The van der Waals surface area contributed by atoms with Gasteiger partial charge in [0.1, 0.15) is 6.04 Å². The second kappa shape index (κ2) is 13.0. The van der Waals surface area contributed by atoms with Crippen LogP contribution < -0.4 is 9.62 Å². The molecule has 0 saturated heterocycles. The molecule has 4 aromatic rings. The minimum Gasteiger partial charge on any atom is -0.352 e. The summed E-state index contributed by atoms with van der Waals surface area (Å²) >= 11 is 13.0. The zero-order chi connectivity index (χ0) is 30.7. The molecule has 2 amide bonds. The molecular weight excluding hydrogens is 605 g/mol. The molecule has 1 heterocycles. The highest BCUT2D eigenvalue weighted by molar-refractivity contribution is 7.93. The molecule has 43 heavy (non-hydrogen) atoms. The van der Waals surface area contributed by atoms with Crippen molar-refractivity contribution in [2.45, 2.75) is 56.6 Å². The molecule has 0 aliphatic carbocycles.